The first-order valence-electron chi connectivity index (χ1n) is 9.65. The van der Waals surface area contributed by atoms with Crippen molar-refractivity contribution in [3.63, 3.8) is 0 Å². The van der Waals surface area contributed by atoms with E-state index >= 15 is 0 Å². The Morgan fingerprint density at radius 2 is 1.77 bits per heavy atom. The Kier molecular flexibility index (Phi) is 7.10. The monoisotopic (exact) mass is 408 g/mol. The third-order valence-electron chi connectivity index (χ3n) is 4.36. The quantitative estimate of drug-likeness (QED) is 0.554. The minimum Gasteiger partial charge on any atom is -0.493 e. The molecule has 2 amide bonds. The molecule has 7 nitrogen and oxygen atoms in total. The predicted molar refractivity (Wildman–Crippen MR) is 112 cm³/mol. The number of aryl methyl sites for hydroxylation is 1. The highest BCUT2D eigenvalue weighted by Crippen LogP contribution is 2.28. The molecule has 0 aliphatic heterocycles. The molecule has 0 radical (unpaired) electrons. The third-order valence-corrected chi connectivity index (χ3v) is 4.36. The molecule has 1 heterocycles. The molecule has 2 N–H and O–H groups in total. The minimum atomic E-state index is -0.450. The number of nitrogens with one attached hydrogen (secondary N) is 2. The SMILES string of the molecule is CCOc1ccc(C(=O)NNC(=O)CCc2ccc(-c3ccccc3)o2)cc1OC. The van der Waals surface area contributed by atoms with Crippen LogP contribution in [0.3, 0.4) is 0 Å². The smallest absolute Gasteiger partial charge is 0.269 e. The molecule has 156 valence electrons. The number of hydrazine groups is 1. The molecule has 0 unspecified atom stereocenters. The van der Waals surface area contributed by atoms with Crippen LogP contribution in [0.1, 0.15) is 29.5 Å². The van der Waals surface area contributed by atoms with Crippen LogP contribution in [0, 0.1) is 0 Å². The maximum Gasteiger partial charge on any atom is 0.269 e. The maximum absolute atomic E-state index is 12.3. The van der Waals surface area contributed by atoms with Crippen LogP contribution in [0.4, 0.5) is 0 Å². The van der Waals surface area contributed by atoms with Gasteiger partial charge >= 0.3 is 0 Å². The summed E-state index contributed by atoms with van der Waals surface area (Å²) in [6, 6.07) is 18.3. The van der Waals surface area contributed by atoms with Crippen LogP contribution >= 0.6 is 0 Å². The van der Waals surface area contributed by atoms with Gasteiger partial charge < -0.3 is 13.9 Å². The van der Waals surface area contributed by atoms with Crippen LogP contribution in [-0.2, 0) is 11.2 Å². The highest BCUT2D eigenvalue weighted by atomic mass is 16.5. The van der Waals surface area contributed by atoms with Crippen molar-refractivity contribution in [2.75, 3.05) is 13.7 Å². The highest BCUT2D eigenvalue weighted by Gasteiger charge is 2.12. The number of benzene rings is 2. The van der Waals surface area contributed by atoms with Gasteiger partial charge in [-0.25, -0.2) is 0 Å². The predicted octanol–water partition coefficient (Wildman–Crippen LogP) is 3.75. The first kappa shape index (κ1) is 21.0. The van der Waals surface area contributed by atoms with Gasteiger partial charge in [0.15, 0.2) is 11.5 Å². The van der Waals surface area contributed by atoms with Gasteiger partial charge in [-0.05, 0) is 37.3 Å². The van der Waals surface area contributed by atoms with Gasteiger partial charge in [-0.3, -0.25) is 20.4 Å². The Labute approximate surface area is 175 Å². The van der Waals surface area contributed by atoms with Crippen LogP contribution < -0.4 is 20.3 Å². The molecule has 0 bridgehead atoms. The number of furan rings is 1. The average molecular weight is 408 g/mol. The Balaban J connectivity index is 1.49. The minimum absolute atomic E-state index is 0.175. The summed E-state index contributed by atoms with van der Waals surface area (Å²) in [6.07, 6.45) is 0.597. The van der Waals surface area contributed by atoms with Gasteiger partial charge in [-0.2, -0.15) is 0 Å². The van der Waals surface area contributed by atoms with E-state index in [2.05, 4.69) is 10.9 Å². The van der Waals surface area contributed by atoms with Gasteiger partial charge in [0.2, 0.25) is 5.91 Å². The zero-order valence-electron chi connectivity index (χ0n) is 16.9. The summed E-state index contributed by atoms with van der Waals surface area (Å²) in [5.74, 6) is 1.68. The molecule has 0 spiro atoms. The molecular formula is C23H24N2O5. The van der Waals surface area contributed by atoms with Gasteiger partial charge in [0.25, 0.3) is 5.91 Å². The first-order valence-corrected chi connectivity index (χ1v) is 9.65. The van der Waals surface area contributed by atoms with E-state index in [0.29, 0.717) is 35.9 Å². The number of ether oxygens (including phenoxy) is 2. The van der Waals surface area contributed by atoms with Crippen LogP contribution in [0.25, 0.3) is 11.3 Å². The summed E-state index contributed by atoms with van der Waals surface area (Å²) in [7, 11) is 1.50. The molecule has 0 aliphatic carbocycles. The number of hydrogen-bond acceptors (Lipinski definition) is 5. The largest absolute Gasteiger partial charge is 0.493 e. The highest BCUT2D eigenvalue weighted by molar-refractivity contribution is 5.96. The molecule has 0 saturated heterocycles. The first-order chi connectivity index (χ1) is 14.6. The molecule has 7 heteroatoms. The van der Waals surface area contributed by atoms with Gasteiger partial charge in [0, 0.05) is 24.0 Å². The zero-order valence-corrected chi connectivity index (χ0v) is 16.9. The van der Waals surface area contributed by atoms with Crippen LogP contribution in [0.15, 0.2) is 65.1 Å². The Morgan fingerprint density at radius 1 is 0.967 bits per heavy atom. The number of carbonyl (C=O) groups is 2. The van der Waals surface area contributed by atoms with E-state index in [0.717, 1.165) is 11.3 Å². The average Bonchev–Trinajstić information content (AvgIpc) is 3.26. The fourth-order valence-corrected chi connectivity index (χ4v) is 2.85. The maximum atomic E-state index is 12.3. The van der Waals surface area contributed by atoms with E-state index in [-0.39, 0.29) is 12.3 Å². The van der Waals surface area contributed by atoms with Gasteiger partial charge in [-0.1, -0.05) is 30.3 Å². The van der Waals surface area contributed by atoms with Crippen molar-refractivity contribution in [1.29, 1.82) is 0 Å². The van der Waals surface area contributed by atoms with Crippen molar-refractivity contribution < 1.29 is 23.5 Å². The van der Waals surface area contributed by atoms with Crippen molar-refractivity contribution in [2.45, 2.75) is 19.8 Å². The summed E-state index contributed by atoms with van der Waals surface area (Å²) in [6.45, 7) is 2.35. The van der Waals surface area contributed by atoms with Gasteiger partial charge in [0.05, 0.1) is 13.7 Å². The van der Waals surface area contributed by atoms with Crippen LogP contribution in [0.5, 0.6) is 11.5 Å². The van der Waals surface area contributed by atoms with Crippen molar-refractivity contribution in [3.8, 4) is 22.8 Å². The molecule has 0 fully saturated rings. The summed E-state index contributed by atoms with van der Waals surface area (Å²) in [4.78, 5) is 24.4. The number of amides is 2. The lowest BCUT2D eigenvalue weighted by Crippen LogP contribution is -2.41. The number of methoxy groups -OCH3 is 1. The third kappa shape index (κ3) is 5.41. The summed E-state index contributed by atoms with van der Waals surface area (Å²) >= 11 is 0. The van der Waals surface area contributed by atoms with Crippen molar-refractivity contribution >= 4 is 11.8 Å². The van der Waals surface area contributed by atoms with Crippen molar-refractivity contribution in [1.82, 2.24) is 10.9 Å². The fraction of sp³-hybridized carbons (Fsp3) is 0.217. The molecule has 3 rings (SSSR count). The topological polar surface area (TPSA) is 89.8 Å². The molecule has 0 aliphatic rings. The van der Waals surface area contributed by atoms with Crippen molar-refractivity contribution in [2.24, 2.45) is 0 Å². The molecule has 1 aromatic heterocycles. The summed E-state index contributed by atoms with van der Waals surface area (Å²) < 4.78 is 16.4. The molecule has 0 saturated carbocycles. The van der Waals surface area contributed by atoms with E-state index in [1.165, 1.54) is 7.11 Å². The lowest BCUT2D eigenvalue weighted by atomic mass is 10.2. The zero-order chi connectivity index (χ0) is 21.3. The second kappa shape index (κ2) is 10.2. The summed E-state index contributed by atoms with van der Waals surface area (Å²) in [5.41, 5.74) is 6.14. The Morgan fingerprint density at radius 3 is 2.50 bits per heavy atom. The number of rotatable bonds is 8. The fourth-order valence-electron chi connectivity index (χ4n) is 2.85. The lowest BCUT2D eigenvalue weighted by Gasteiger charge is -2.11. The number of hydrogen-bond donors (Lipinski definition) is 2. The van der Waals surface area contributed by atoms with E-state index in [4.69, 9.17) is 13.9 Å². The van der Waals surface area contributed by atoms with E-state index in [1.54, 1.807) is 18.2 Å². The second-order valence-electron chi connectivity index (χ2n) is 6.43. The van der Waals surface area contributed by atoms with E-state index in [9.17, 15) is 9.59 Å². The van der Waals surface area contributed by atoms with Crippen LogP contribution in [0.2, 0.25) is 0 Å². The molecule has 2 aromatic carbocycles. The van der Waals surface area contributed by atoms with E-state index in [1.807, 2.05) is 49.4 Å². The van der Waals surface area contributed by atoms with Gasteiger partial charge in [0.1, 0.15) is 11.5 Å². The molecule has 30 heavy (non-hydrogen) atoms. The van der Waals surface area contributed by atoms with E-state index < -0.39 is 5.91 Å². The molecule has 0 atom stereocenters. The number of carbonyl (C=O) groups excluding carboxylic acids is 2. The molecule has 3 aromatic rings. The van der Waals surface area contributed by atoms with Crippen LogP contribution in [-0.4, -0.2) is 25.5 Å². The Hall–Kier alpha value is -3.74. The van der Waals surface area contributed by atoms with Crippen molar-refractivity contribution in [3.05, 3.63) is 72.0 Å². The normalized spacial score (nSPS) is 10.3. The molecular weight excluding hydrogens is 384 g/mol. The second-order valence-corrected chi connectivity index (χ2v) is 6.43. The summed E-state index contributed by atoms with van der Waals surface area (Å²) in [5, 5.41) is 0. The lowest BCUT2D eigenvalue weighted by molar-refractivity contribution is -0.121. The Bertz CT molecular complexity index is 998. The standard InChI is InChI=1S/C23H24N2O5/c1-3-29-20-12-9-17(15-21(20)28-2)23(27)25-24-22(26)14-11-18-10-13-19(30-18)16-7-5-4-6-8-16/h4-10,12-13,15H,3,11,14H2,1-2H3,(H,24,26)(H,25,27). The van der Waals surface area contributed by atoms with Gasteiger partial charge in [-0.15, -0.1) is 0 Å².